The van der Waals surface area contributed by atoms with E-state index in [1.54, 1.807) is 6.92 Å². The van der Waals surface area contributed by atoms with Crippen molar-refractivity contribution in [1.29, 1.82) is 0 Å². The van der Waals surface area contributed by atoms with E-state index in [1.165, 1.54) is 0 Å². The van der Waals surface area contributed by atoms with Crippen LogP contribution in [-0.2, 0) is 0 Å². The second-order valence-electron chi connectivity index (χ2n) is 3.21. The van der Waals surface area contributed by atoms with Crippen molar-refractivity contribution >= 4 is 0 Å². The molecule has 0 radical (unpaired) electrons. The van der Waals surface area contributed by atoms with Gasteiger partial charge in [-0.25, -0.2) is 10.1 Å². The first kappa shape index (κ1) is 14.9. The van der Waals surface area contributed by atoms with Gasteiger partial charge in [-0.05, 0) is 6.42 Å². The van der Waals surface area contributed by atoms with E-state index in [0.717, 1.165) is 0 Å². The largest absolute Gasteiger partial charge is 0.637 e. The number of hydrazine groups is 1. The van der Waals surface area contributed by atoms with Crippen LogP contribution in [0, 0.1) is 30.3 Å². The molecule has 0 aromatic rings. The Labute approximate surface area is 94.4 Å². The summed E-state index contributed by atoms with van der Waals surface area (Å²) >= 11 is 0. The summed E-state index contributed by atoms with van der Waals surface area (Å²) < 4.78 is 13.3. The van der Waals surface area contributed by atoms with Gasteiger partial charge in [-0.2, -0.15) is 0 Å². The third-order valence-electron chi connectivity index (χ3n) is 1.94. The van der Waals surface area contributed by atoms with Crippen molar-refractivity contribution in [3.8, 4) is 0 Å². The van der Waals surface area contributed by atoms with Gasteiger partial charge in [-0.1, -0.05) is 17.7 Å². The molecule has 0 N–H and O–H groups in total. The van der Waals surface area contributed by atoms with Crippen LogP contribution in [-0.4, -0.2) is 38.9 Å². The van der Waals surface area contributed by atoms with Crippen molar-refractivity contribution in [1.82, 2.24) is 5.01 Å². The molecular weight excluding hydrogens is 243 g/mol. The van der Waals surface area contributed by atoms with Crippen LogP contribution >= 0.6 is 0 Å². The molecular formula is C6H11FN4O6. The fourth-order valence-electron chi connectivity index (χ4n) is 0.973. The van der Waals surface area contributed by atoms with Crippen LogP contribution in [0.25, 0.3) is 0 Å². The van der Waals surface area contributed by atoms with Gasteiger partial charge in [0, 0.05) is 0 Å². The van der Waals surface area contributed by atoms with Crippen molar-refractivity contribution in [3.05, 3.63) is 30.3 Å². The second-order valence-corrected chi connectivity index (χ2v) is 3.21. The molecule has 0 aromatic heterocycles. The number of unbranched alkanes of at least 4 members (excludes halogenated alkanes) is 1. The van der Waals surface area contributed by atoms with Gasteiger partial charge in [-0.15, -0.1) is 5.01 Å². The summed E-state index contributed by atoms with van der Waals surface area (Å²) in [6, 6.07) is 0. The van der Waals surface area contributed by atoms with Gasteiger partial charge in [0.1, 0.15) is 9.85 Å². The lowest BCUT2D eigenvalue weighted by Crippen LogP contribution is -2.52. The minimum Gasteiger partial charge on any atom is -0.256 e. The third kappa shape index (κ3) is 3.77. The van der Waals surface area contributed by atoms with Crippen molar-refractivity contribution in [3.63, 3.8) is 0 Å². The lowest BCUT2D eigenvalue weighted by atomic mass is 10.3. The van der Waals surface area contributed by atoms with Crippen LogP contribution in [0.15, 0.2) is 0 Å². The number of nitrogens with zero attached hydrogens (tertiary/aromatic N) is 4. The molecule has 0 saturated carbocycles. The molecule has 0 spiro atoms. The molecule has 17 heavy (non-hydrogen) atoms. The Balaban J connectivity index is 4.87. The number of nitro groups is 3. The highest BCUT2D eigenvalue weighted by molar-refractivity contribution is 4.57. The molecule has 11 heteroatoms. The van der Waals surface area contributed by atoms with E-state index < -0.39 is 27.3 Å². The lowest BCUT2D eigenvalue weighted by molar-refractivity contribution is -0.841. The van der Waals surface area contributed by atoms with E-state index >= 15 is 0 Å². The average molecular weight is 254 g/mol. The summed E-state index contributed by atoms with van der Waals surface area (Å²) in [5.74, 6) is -4.07. The fraction of sp³-hybridized carbons (Fsp3) is 1.00. The standard InChI is InChI=1S/C6H11FN4O6/c1-2-3-4-8(11(16)17)5-6(7,9(12)13)10(14)15/h2-5H2,1H3. The Morgan fingerprint density at radius 2 is 1.65 bits per heavy atom. The minimum atomic E-state index is -4.07. The number of hydrogen-bond acceptors (Lipinski definition) is 6. The molecule has 0 heterocycles. The highest BCUT2D eigenvalue weighted by Gasteiger charge is 2.61. The maximum atomic E-state index is 13.3. The molecule has 98 valence electrons. The van der Waals surface area contributed by atoms with Gasteiger partial charge in [0.05, 0.1) is 6.54 Å². The highest BCUT2D eigenvalue weighted by atomic mass is 19.2. The molecule has 0 saturated heterocycles. The predicted octanol–water partition coefficient (Wildman–Crippen LogP) is 0.457. The minimum absolute atomic E-state index is 0.134. The monoisotopic (exact) mass is 254 g/mol. The Morgan fingerprint density at radius 1 is 1.18 bits per heavy atom. The first-order valence-corrected chi connectivity index (χ1v) is 4.62. The van der Waals surface area contributed by atoms with Crippen LogP contribution in [0.5, 0.6) is 0 Å². The van der Waals surface area contributed by atoms with E-state index in [2.05, 4.69) is 0 Å². The predicted molar refractivity (Wildman–Crippen MR) is 51.3 cm³/mol. The molecule has 0 bridgehead atoms. The van der Waals surface area contributed by atoms with Crippen molar-refractivity contribution in [2.24, 2.45) is 0 Å². The van der Waals surface area contributed by atoms with Crippen molar-refractivity contribution < 1.29 is 19.3 Å². The summed E-state index contributed by atoms with van der Waals surface area (Å²) in [6.07, 6.45) is 0.799. The molecule has 0 aliphatic rings. The summed E-state index contributed by atoms with van der Waals surface area (Å²) in [5, 5.41) is 30.0. The molecule has 10 nitrogen and oxygen atoms in total. The normalized spacial score (nSPS) is 10.9. The fourth-order valence-corrected chi connectivity index (χ4v) is 0.973. The van der Waals surface area contributed by atoms with Gasteiger partial charge in [-0.3, -0.25) is 20.2 Å². The van der Waals surface area contributed by atoms with E-state index in [0.29, 0.717) is 6.42 Å². The van der Waals surface area contributed by atoms with Crippen LogP contribution < -0.4 is 0 Å². The van der Waals surface area contributed by atoms with Gasteiger partial charge >= 0.3 is 5.92 Å². The first-order chi connectivity index (χ1) is 7.75. The zero-order valence-corrected chi connectivity index (χ0v) is 8.94. The van der Waals surface area contributed by atoms with E-state index in [1.807, 2.05) is 0 Å². The van der Waals surface area contributed by atoms with Gasteiger partial charge in [0.2, 0.25) is 0 Å². The summed E-state index contributed by atoms with van der Waals surface area (Å²) in [6.45, 7) is -0.126. The molecule has 0 fully saturated rings. The second kappa shape index (κ2) is 5.86. The maximum absolute atomic E-state index is 13.3. The summed E-state index contributed by atoms with van der Waals surface area (Å²) in [7, 11) is 0. The number of hydrogen-bond donors (Lipinski definition) is 0. The SMILES string of the molecule is CCCCN(CC(F)([N+](=O)[O-])[N+](=O)[O-])[N+](=O)[O-]. The molecule has 0 unspecified atom stereocenters. The molecule has 0 amide bonds. The first-order valence-electron chi connectivity index (χ1n) is 4.62. The van der Waals surface area contributed by atoms with E-state index in [9.17, 15) is 34.7 Å². The summed E-state index contributed by atoms with van der Waals surface area (Å²) in [4.78, 5) is 27.4. The number of halogens is 1. The maximum Gasteiger partial charge on any atom is 0.637 e. The molecule has 0 aromatic carbocycles. The Morgan fingerprint density at radius 3 is 1.94 bits per heavy atom. The molecule has 0 atom stereocenters. The lowest BCUT2D eigenvalue weighted by Gasteiger charge is -2.15. The Hall–Kier alpha value is -2.07. The quantitative estimate of drug-likeness (QED) is 0.266. The van der Waals surface area contributed by atoms with Crippen LogP contribution in [0.4, 0.5) is 4.39 Å². The molecule has 0 aliphatic carbocycles. The molecule has 0 rings (SSSR count). The van der Waals surface area contributed by atoms with Gasteiger partial charge < -0.3 is 0 Å². The topological polar surface area (TPSA) is 133 Å². The van der Waals surface area contributed by atoms with Crippen LogP contribution in [0.2, 0.25) is 0 Å². The highest BCUT2D eigenvalue weighted by Crippen LogP contribution is 2.15. The Kier molecular flexibility index (Phi) is 5.15. The number of rotatable bonds is 8. The van der Waals surface area contributed by atoms with E-state index in [4.69, 9.17) is 0 Å². The van der Waals surface area contributed by atoms with Crippen molar-refractivity contribution in [2.45, 2.75) is 25.7 Å². The van der Waals surface area contributed by atoms with Crippen LogP contribution in [0.1, 0.15) is 19.8 Å². The number of alkyl halides is 1. The van der Waals surface area contributed by atoms with Gasteiger partial charge in [0.15, 0.2) is 5.03 Å². The zero-order valence-electron chi connectivity index (χ0n) is 8.94. The van der Waals surface area contributed by atoms with E-state index in [-0.39, 0.29) is 18.0 Å². The van der Waals surface area contributed by atoms with Crippen molar-refractivity contribution in [2.75, 3.05) is 13.1 Å². The van der Waals surface area contributed by atoms with Gasteiger partial charge in [0.25, 0.3) is 6.54 Å². The smallest absolute Gasteiger partial charge is 0.256 e. The Bertz CT molecular complexity index is 310. The van der Waals surface area contributed by atoms with Crippen LogP contribution in [0.3, 0.4) is 0 Å². The zero-order chi connectivity index (χ0) is 13.6. The molecule has 0 aliphatic heterocycles. The average Bonchev–Trinajstić information content (AvgIpc) is 2.22. The summed E-state index contributed by atoms with van der Waals surface area (Å²) in [5.41, 5.74) is 0. The third-order valence-corrected chi connectivity index (χ3v) is 1.94.